The summed E-state index contributed by atoms with van der Waals surface area (Å²) in [5, 5.41) is 8.57. The molecule has 0 atom stereocenters. The van der Waals surface area contributed by atoms with Crippen molar-refractivity contribution in [2.24, 2.45) is 10.7 Å². The summed E-state index contributed by atoms with van der Waals surface area (Å²) in [6.45, 7) is 0. The first-order valence-corrected chi connectivity index (χ1v) is 1.99. The van der Waals surface area contributed by atoms with Gasteiger partial charge in [0.05, 0.1) is 12.6 Å². The molecule has 0 aromatic heterocycles. The van der Waals surface area contributed by atoms with E-state index in [0.717, 1.165) is 0 Å². The van der Waals surface area contributed by atoms with Crippen LogP contribution in [0.1, 0.15) is 6.42 Å². The van der Waals surface area contributed by atoms with Crippen LogP contribution in [0.15, 0.2) is 17.0 Å². The third-order valence-electron chi connectivity index (χ3n) is 0.742. The van der Waals surface area contributed by atoms with E-state index in [0.29, 0.717) is 12.3 Å². The molecule has 0 spiro atoms. The van der Waals surface area contributed by atoms with Crippen LogP contribution in [0, 0.1) is 0 Å². The Balaban J connectivity index is 2.61. The molecule has 0 unspecified atom stereocenters. The molecule has 7 heavy (non-hydrogen) atoms. The van der Waals surface area contributed by atoms with Gasteiger partial charge in [0.25, 0.3) is 0 Å². The summed E-state index contributed by atoms with van der Waals surface area (Å²) in [4.78, 5) is 3.60. The van der Waals surface area contributed by atoms with Gasteiger partial charge < -0.3 is 10.8 Å². The normalized spacial score (nSPS) is 18.9. The average Bonchev–Trinajstić information content (AvgIpc) is 1.87. The van der Waals surface area contributed by atoms with Gasteiger partial charge in [0, 0.05) is 0 Å². The first-order valence-electron chi connectivity index (χ1n) is 1.99. The molecule has 0 fully saturated rings. The van der Waals surface area contributed by atoms with Gasteiger partial charge in [-0.2, -0.15) is 0 Å². The fourth-order valence-corrected chi connectivity index (χ4v) is 0.434. The first kappa shape index (κ1) is 4.18. The minimum atomic E-state index is 0.248. The Hall–Kier alpha value is -0.990. The SMILES string of the molecule is NC1=NC=C(O)C1. The van der Waals surface area contributed by atoms with E-state index >= 15 is 0 Å². The molecule has 1 heterocycles. The quantitative estimate of drug-likeness (QED) is 0.453. The lowest BCUT2D eigenvalue weighted by atomic mass is 10.4. The maximum absolute atomic E-state index is 8.57. The van der Waals surface area contributed by atoms with Gasteiger partial charge >= 0.3 is 0 Å². The third kappa shape index (κ3) is 0.707. The minimum absolute atomic E-state index is 0.248. The number of aliphatic hydroxyl groups is 1. The molecular formula is C4H6N2O. The van der Waals surface area contributed by atoms with Crippen LogP contribution in [0.2, 0.25) is 0 Å². The van der Waals surface area contributed by atoms with E-state index in [-0.39, 0.29) is 5.76 Å². The molecule has 0 saturated carbocycles. The van der Waals surface area contributed by atoms with E-state index in [2.05, 4.69) is 4.99 Å². The third-order valence-corrected chi connectivity index (χ3v) is 0.742. The van der Waals surface area contributed by atoms with Gasteiger partial charge in [0.2, 0.25) is 0 Å². The Morgan fingerprint density at radius 1 is 1.86 bits per heavy atom. The van der Waals surface area contributed by atoms with E-state index < -0.39 is 0 Å². The summed E-state index contributed by atoms with van der Waals surface area (Å²) in [6.07, 6.45) is 1.77. The molecule has 0 saturated heterocycles. The molecule has 0 bridgehead atoms. The van der Waals surface area contributed by atoms with Gasteiger partial charge in [-0.3, -0.25) is 0 Å². The fourth-order valence-electron chi connectivity index (χ4n) is 0.434. The van der Waals surface area contributed by atoms with Crippen molar-refractivity contribution in [1.29, 1.82) is 0 Å². The van der Waals surface area contributed by atoms with Crippen molar-refractivity contribution in [3.63, 3.8) is 0 Å². The lowest BCUT2D eigenvalue weighted by molar-refractivity contribution is 0.407. The second-order valence-electron chi connectivity index (χ2n) is 1.42. The second-order valence-corrected chi connectivity index (χ2v) is 1.42. The molecule has 3 nitrogen and oxygen atoms in total. The number of hydrogen-bond donors (Lipinski definition) is 2. The van der Waals surface area contributed by atoms with Crippen molar-refractivity contribution in [3.8, 4) is 0 Å². The number of aliphatic imine (C=N–C) groups is 1. The maximum atomic E-state index is 8.57. The Labute approximate surface area is 41.2 Å². The fraction of sp³-hybridized carbons (Fsp3) is 0.250. The van der Waals surface area contributed by atoms with Crippen LogP contribution >= 0.6 is 0 Å². The predicted octanol–water partition coefficient (Wildman–Crippen LogP) is 0.147. The van der Waals surface area contributed by atoms with Crippen LogP contribution in [0.5, 0.6) is 0 Å². The summed E-state index contributed by atoms with van der Waals surface area (Å²) in [5.41, 5.74) is 5.16. The van der Waals surface area contributed by atoms with E-state index in [1.807, 2.05) is 0 Å². The number of aliphatic hydroxyl groups excluding tert-OH is 1. The van der Waals surface area contributed by atoms with Crippen LogP contribution in [0.4, 0.5) is 0 Å². The molecule has 1 aliphatic heterocycles. The minimum Gasteiger partial charge on any atom is -0.510 e. The molecule has 3 N–H and O–H groups in total. The molecule has 38 valence electrons. The lowest BCUT2D eigenvalue weighted by Crippen LogP contribution is -2.07. The maximum Gasteiger partial charge on any atom is 0.118 e. The zero-order chi connectivity index (χ0) is 5.28. The van der Waals surface area contributed by atoms with Gasteiger partial charge in [0.15, 0.2) is 0 Å². The highest BCUT2D eigenvalue weighted by Crippen LogP contribution is 2.02. The molecular weight excluding hydrogens is 92.1 g/mol. The van der Waals surface area contributed by atoms with Crippen LogP contribution in [0.25, 0.3) is 0 Å². The van der Waals surface area contributed by atoms with Gasteiger partial charge in [0.1, 0.15) is 11.6 Å². The average molecular weight is 98.1 g/mol. The monoisotopic (exact) mass is 98.0 g/mol. The zero-order valence-electron chi connectivity index (χ0n) is 3.76. The number of hydrogen-bond acceptors (Lipinski definition) is 3. The highest BCUT2D eigenvalue weighted by Gasteiger charge is 2.01. The molecule has 0 aliphatic carbocycles. The van der Waals surface area contributed by atoms with Gasteiger partial charge in [-0.05, 0) is 0 Å². The standard InChI is InChI=1S/C4H6N2O/c5-4-1-3(7)2-6-4/h2,7H,1H2,(H2,5,6). The highest BCUT2D eigenvalue weighted by atomic mass is 16.3. The first-order chi connectivity index (χ1) is 3.29. The molecule has 0 amide bonds. The molecule has 0 radical (unpaired) electrons. The highest BCUT2D eigenvalue weighted by molar-refractivity contribution is 5.84. The van der Waals surface area contributed by atoms with Gasteiger partial charge in [-0.15, -0.1) is 0 Å². The molecule has 0 aromatic rings. The van der Waals surface area contributed by atoms with Gasteiger partial charge in [-0.1, -0.05) is 0 Å². The van der Waals surface area contributed by atoms with E-state index in [1.165, 1.54) is 6.20 Å². The van der Waals surface area contributed by atoms with Crippen LogP contribution < -0.4 is 5.73 Å². The van der Waals surface area contributed by atoms with Crippen molar-refractivity contribution in [2.75, 3.05) is 0 Å². The van der Waals surface area contributed by atoms with Crippen molar-refractivity contribution in [1.82, 2.24) is 0 Å². The molecule has 1 rings (SSSR count). The largest absolute Gasteiger partial charge is 0.510 e. The number of amidine groups is 1. The Kier molecular flexibility index (Phi) is 0.749. The van der Waals surface area contributed by atoms with Crippen LogP contribution in [0.3, 0.4) is 0 Å². The topological polar surface area (TPSA) is 58.6 Å². The van der Waals surface area contributed by atoms with Crippen molar-refractivity contribution < 1.29 is 5.11 Å². The number of nitrogens with zero attached hydrogens (tertiary/aromatic N) is 1. The van der Waals surface area contributed by atoms with Crippen LogP contribution in [-0.4, -0.2) is 10.9 Å². The smallest absolute Gasteiger partial charge is 0.118 e. The Morgan fingerprint density at radius 2 is 2.57 bits per heavy atom. The summed E-state index contributed by atoms with van der Waals surface area (Å²) in [6, 6.07) is 0. The molecule has 0 aromatic carbocycles. The Bertz CT molecular complexity index is 121. The summed E-state index contributed by atoms with van der Waals surface area (Å²) < 4.78 is 0. The number of rotatable bonds is 0. The van der Waals surface area contributed by atoms with Crippen molar-refractivity contribution in [3.05, 3.63) is 12.0 Å². The predicted molar refractivity (Wildman–Crippen MR) is 27.0 cm³/mol. The second kappa shape index (κ2) is 1.26. The lowest BCUT2D eigenvalue weighted by Gasteiger charge is -1.84. The van der Waals surface area contributed by atoms with E-state index in [4.69, 9.17) is 10.8 Å². The molecule has 1 aliphatic rings. The zero-order valence-corrected chi connectivity index (χ0v) is 3.76. The molecule has 3 heteroatoms. The van der Waals surface area contributed by atoms with Gasteiger partial charge in [-0.25, -0.2) is 4.99 Å². The van der Waals surface area contributed by atoms with Crippen LogP contribution in [-0.2, 0) is 0 Å². The van der Waals surface area contributed by atoms with E-state index in [9.17, 15) is 0 Å². The Morgan fingerprint density at radius 3 is 2.71 bits per heavy atom. The summed E-state index contributed by atoms with van der Waals surface area (Å²) >= 11 is 0. The van der Waals surface area contributed by atoms with Crippen molar-refractivity contribution in [2.45, 2.75) is 6.42 Å². The van der Waals surface area contributed by atoms with E-state index in [1.54, 1.807) is 0 Å². The number of nitrogens with two attached hydrogens (primary N) is 1. The summed E-state index contributed by atoms with van der Waals surface area (Å²) in [5.74, 6) is 0.731. The van der Waals surface area contributed by atoms with Crippen molar-refractivity contribution >= 4 is 5.84 Å². The summed E-state index contributed by atoms with van der Waals surface area (Å²) in [7, 11) is 0.